The number of halogens is 2. The Hall–Kier alpha value is -3.20. The molecule has 0 saturated heterocycles. The number of carbonyl (C=O) groups excluding carboxylic acids is 1. The van der Waals surface area contributed by atoms with Crippen molar-refractivity contribution in [1.29, 1.82) is 0 Å². The molecule has 1 amide bonds. The fourth-order valence-corrected chi connectivity index (χ4v) is 5.28. The summed E-state index contributed by atoms with van der Waals surface area (Å²) < 4.78 is 29.6. The Morgan fingerprint density at radius 1 is 1.14 bits per heavy atom. The van der Waals surface area contributed by atoms with Crippen LogP contribution < -0.4 is 10.1 Å². The summed E-state index contributed by atoms with van der Waals surface area (Å²) in [6.07, 6.45) is 7.03. The molecule has 3 heterocycles. The van der Waals surface area contributed by atoms with Crippen molar-refractivity contribution < 1.29 is 18.3 Å². The van der Waals surface area contributed by atoms with Crippen LogP contribution in [0, 0.1) is 5.92 Å². The highest BCUT2D eigenvalue weighted by molar-refractivity contribution is 6.06. The fourth-order valence-electron chi connectivity index (χ4n) is 5.28. The third-order valence-corrected chi connectivity index (χ3v) is 7.26. The number of amides is 1. The molecule has 1 saturated carbocycles. The topological polar surface area (TPSA) is 80.2 Å². The van der Waals surface area contributed by atoms with Gasteiger partial charge in [-0.15, -0.1) is 0 Å². The normalized spacial score (nSPS) is 20.3. The van der Waals surface area contributed by atoms with Gasteiger partial charge in [-0.1, -0.05) is 12.1 Å². The van der Waals surface area contributed by atoms with Crippen LogP contribution in [-0.4, -0.2) is 57.9 Å². The molecule has 0 unspecified atom stereocenters. The third kappa shape index (κ3) is 5.95. The Bertz CT molecular complexity index is 1190. The second kappa shape index (κ2) is 11.2. The monoisotopic (exact) mass is 495 g/mol. The standard InChI is InChI=1S/C27H31F2N5O2/c28-25(29)17-36-27-31-15-19-16-34(14-11-23(19)33-27)13-10-18-6-8-20(9-7-18)32-26(35)22-3-1-5-24-21(22)4-2-12-30-24/h1-5,12,15,18,20,25H,6-11,13-14,16-17H2,(H,32,35). The fraction of sp³-hybridized carbons (Fsp3) is 0.481. The number of nitrogens with zero attached hydrogens (tertiary/aromatic N) is 4. The van der Waals surface area contributed by atoms with Gasteiger partial charge in [0.25, 0.3) is 12.3 Å². The van der Waals surface area contributed by atoms with E-state index in [0.717, 1.165) is 80.3 Å². The zero-order valence-corrected chi connectivity index (χ0v) is 20.2. The molecule has 0 bridgehead atoms. The van der Waals surface area contributed by atoms with Gasteiger partial charge in [0.1, 0.15) is 0 Å². The first kappa shape index (κ1) is 24.5. The minimum atomic E-state index is -2.53. The number of hydrogen-bond donors (Lipinski definition) is 1. The van der Waals surface area contributed by atoms with Crippen molar-refractivity contribution in [2.45, 2.75) is 57.5 Å². The largest absolute Gasteiger partial charge is 0.457 e. The lowest BCUT2D eigenvalue weighted by molar-refractivity contribution is 0.0766. The van der Waals surface area contributed by atoms with Crippen LogP contribution >= 0.6 is 0 Å². The molecule has 9 heteroatoms. The lowest BCUT2D eigenvalue weighted by Gasteiger charge is -2.32. The molecule has 2 aliphatic rings. The second-order valence-electron chi connectivity index (χ2n) is 9.71. The molecule has 0 spiro atoms. The molecular formula is C27H31F2N5O2. The van der Waals surface area contributed by atoms with Crippen molar-refractivity contribution in [2.24, 2.45) is 5.92 Å². The Balaban J connectivity index is 1.06. The van der Waals surface area contributed by atoms with Crippen LogP contribution in [0.3, 0.4) is 0 Å². The van der Waals surface area contributed by atoms with E-state index in [-0.39, 0.29) is 18.0 Å². The third-order valence-electron chi connectivity index (χ3n) is 7.26. The van der Waals surface area contributed by atoms with Crippen LogP contribution in [-0.2, 0) is 13.0 Å². The molecule has 1 aliphatic heterocycles. The lowest BCUT2D eigenvalue weighted by atomic mass is 9.83. The zero-order valence-electron chi connectivity index (χ0n) is 20.2. The molecule has 0 atom stereocenters. The smallest absolute Gasteiger partial charge is 0.316 e. The van der Waals surface area contributed by atoms with Gasteiger partial charge in [-0.3, -0.25) is 14.7 Å². The first-order chi connectivity index (χ1) is 17.5. The average Bonchev–Trinajstić information content (AvgIpc) is 2.91. The number of benzene rings is 1. The highest BCUT2D eigenvalue weighted by atomic mass is 19.3. The van der Waals surface area contributed by atoms with E-state index in [1.54, 1.807) is 12.4 Å². The van der Waals surface area contributed by atoms with Crippen molar-refractivity contribution in [3.05, 3.63) is 59.5 Å². The van der Waals surface area contributed by atoms with Crippen molar-refractivity contribution in [1.82, 2.24) is 25.2 Å². The van der Waals surface area contributed by atoms with E-state index in [1.807, 2.05) is 30.3 Å². The van der Waals surface area contributed by atoms with Crippen molar-refractivity contribution >= 4 is 16.8 Å². The summed E-state index contributed by atoms with van der Waals surface area (Å²) >= 11 is 0. The molecule has 190 valence electrons. The van der Waals surface area contributed by atoms with E-state index in [0.29, 0.717) is 11.5 Å². The average molecular weight is 496 g/mol. The number of pyridine rings is 1. The summed E-state index contributed by atoms with van der Waals surface area (Å²) in [5, 5.41) is 4.13. The van der Waals surface area contributed by atoms with Gasteiger partial charge < -0.3 is 10.1 Å². The van der Waals surface area contributed by atoms with Gasteiger partial charge >= 0.3 is 6.01 Å². The van der Waals surface area contributed by atoms with E-state index in [9.17, 15) is 13.6 Å². The maximum absolute atomic E-state index is 12.9. The molecule has 0 radical (unpaired) electrons. The number of rotatable bonds is 8. The van der Waals surface area contributed by atoms with Crippen LogP contribution in [0.5, 0.6) is 6.01 Å². The van der Waals surface area contributed by atoms with Crippen molar-refractivity contribution in [3.63, 3.8) is 0 Å². The summed E-state index contributed by atoms with van der Waals surface area (Å²) in [5.41, 5.74) is 3.45. The molecule has 3 aromatic rings. The summed E-state index contributed by atoms with van der Waals surface area (Å²) in [7, 11) is 0. The molecule has 1 aromatic carbocycles. The zero-order chi connectivity index (χ0) is 24.9. The van der Waals surface area contributed by atoms with Crippen LogP contribution in [0.1, 0.15) is 53.7 Å². The van der Waals surface area contributed by atoms with Gasteiger partial charge in [-0.2, -0.15) is 4.98 Å². The lowest BCUT2D eigenvalue weighted by Crippen LogP contribution is -2.38. The van der Waals surface area contributed by atoms with Gasteiger partial charge in [0, 0.05) is 54.5 Å². The van der Waals surface area contributed by atoms with E-state index < -0.39 is 13.0 Å². The van der Waals surface area contributed by atoms with Gasteiger partial charge in [0.15, 0.2) is 6.61 Å². The Morgan fingerprint density at radius 3 is 2.83 bits per heavy atom. The van der Waals surface area contributed by atoms with E-state index >= 15 is 0 Å². The number of nitrogens with one attached hydrogen (secondary N) is 1. The van der Waals surface area contributed by atoms with Gasteiger partial charge in [-0.25, -0.2) is 13.8 Å². The van der Waals surface area contributed by atoms with Crippen molar-refractivity contribution in [2.75, 3.05) is 19.7 Å². The first-order valence-corrected chi connectivity index (χ1v) is 12.7. The summed E-state index contributed by atoms with van der Waals surface area (Å²) in [6.45, 7) is 1.99. The van der Waals surface area contributed by atoms with E-state index in [1.165, 1.54) is 0 Å². The predicted molar refractivity (Wildman–Crippen MR) is 132 cm³/mol. The number of hydrogen-bond acceptors (Lipinski definition) is 6. The highest BCUT2D eigenvalue weighted by Gasteiger charge is 2.25. The maximum atomic E-state index is 12.9. The molecule has 36 heavy (non-hydrogen) atoms. The molecule has 2 aromatic heterocycles. The number of ether oxygens (including phenoxy) is 1. The van der Waals surface area contributed by atoms with Gasteiger partial charge in [0.05, 0.1) is 11.2 Å². The van der Waals surface area contributed by atoms with Crippen molar-refractivity contribution in [3.8, 4) is 6.01 Å². The summed E-state index contributed by atoms with van der Waals surface area (Å²) in [4.78, 5) is 28.1. The van der Waals surface area contributed by atoms with Crippen LogP contribution in [0.4, 0.5) is 8.78 Å². The number of alkyl halides is 2. The van der Waals surface area contributed by atoms with Crippen LogP contribution in [0.15, 0.2) is 42.7 Å². The van der Waals surface area contributed by atoms with E-state index in [2.05, 4.69) is 25.2 Å². The highest BCUT2D eigenvalue weighted by Crippen LogP contribution is 2.29. The predicted octanol–water partition coefficient (Wildman–Crippen LogP) is 4.41. The molecule has 1 fully saturated rings. The van der Waals surface area contributed by atoms with E-state index in [4.69, 9.17) is 4.74 Å². The molecule has 5 rings (SSSR count). The molecular weight excluding hydrogens is 464 g/mol. The number of aromatic nitrogens is 3. The summed E-state index contributed by atoms with van der Waals surface area (Å²) in [6, 6.07) is 9.72. The molecule has 1 aliphatic carbocycles. The summed E-state index contributed by atoms with van der Waals surface area (Å²) in [5.74, 6) is 0.636. The Kier molecular flexibility index (Phi) is 7.65. The molecule has 1 N–H and O–H groups in total. The van der Waals surface area contributed by atoms with Gasteiger partial charge in [0.2, 0.25) is 0 Å². The Morgan fingerprint density at radius 2 is 2.00 bits per heavy atom. The minimum absolute atomic E-state index is 0.0194. The Labute approximate surface area is 209 Å². The second-order valence-corrected chi connectivity index (χ2v) is 9.71. The SMILES string of the molecule is O=C(NC1CCC(CCN2CCc3nc(OCC(F)F)ncc3C2)CC1)c1cccc2ncccc12. The maximum Gasteiger partial charge on any atom is 0.316 e. The number of fused-ring (bicyclic) bond motifs is 2. The van der Waals surface area contributed by atoms with Gasteiger partial charge in [-0.05, 0) is 62.8 Å². The first-order valence-electron chi connectivity index (χ1n) is 12.7. The minimum Gasteiger partial charge on any atom is -0.457 e. The quantitative estimate of drug-likeness (QED) is 0.499. The van der Waals surface area contributed by atoms with Crippen LogP contribution in [0.2, 0.25) is 0 Å². The molecule has 7 nitrogen and oxygen atoms in total. The number of carbonyl (C=O) groups is 1. The van der Waals surface area contributed by atoms with Crippen LogP contribution in [0.25, 0.3) is 10.9 Å².